The highest BCUT2D eigenvalue weighted by Crippen LogP contribution is 2.71. The quantitative estimate of drug-likeness (QED) is 0.665. The molecular weight excluding hydrogens is 196 g/mol. The third kappa shape index (κ3) is 1.27. The SMILES string of the molecule is CC1CC[C@@H]2[C@@H]1[C@H]1[C@@H](CC[C@]2(C)O)C1(C)C. The van der Waals surface area contributed by atoms with Crippen LogP contribution in [0.25, 0.3) is 0 Å². The third-order valence-electron chi connectivity index (χ3n) is 6.37. The maximum absolute atomic E-state index is 10.7. The molecule has 1 unspecified atom stereocenters. The fourth-order valence-corrected chi connectivity index (χ4v) is 5.29. The number of hydrogen-bond donors (Lipinski definition) is 1. The van der Waals surface area contributed by atoms with Crippen LogP contribution in [0.1, 0.15) is 53.4 Å². The monoisotopic (exact) mass is 222 g/mol. The highest BCUT2D eigenvalue weighted by Gasteiger charge is 2.66. The van der Waals surface area contributed by atoms with Gasteiger partial charge in [0, 0.05) is 0 Å². The average Bonchev–Trinajstić information content (AvgIpc) is 2.51. The fraction of sp³-hybridized carbons (Fsp3) is 1.00. The Kier molecular flexibility index (Phi) is 2.11. The molecule has 0 bridgehead atoms. The molecule has 3 aliphatic rings. The van der Waals surface area contributed by atoms with Gasteiger partial charge in [-0.2, -0.15) is 0 Å². The van der Waals surface area contributed by atoms with Crippen molar-refractivity contribution >= 4 is 0 Å². The van der Waals surface area contributed by atoms with Crippen LogP contribution in [0.2, 0.25) is 0 Å². The summed E-state index contributed by atoms with van der Waals surface area (Å²) in [5, 5.41) is 10.7. The Morgan fingerprint density at radius 1 is 1.00 bits per heavy atom. The van der Waals surface area contributed by atoms with E-state index in [0.717, 1.165) is 30.1 Å². The van der Waals surface area contributed by atoms with Crippen molar-refractivity contribution < 1.29 is 5.11 Å². The smallest absolute Gasteiger partial charge is 0.0650 e. The minimum Gasteiger partial charge on any atom is -0.390 e. The predicted molar refractivity (Wildman–Crippen MR) is 66.0 cm³/mol. The van der Waals surface area contributed by atoms with Crippen LogP contribution in [0.3, 0.4) is 0 Å². The van der Waals surface area contributed by atoms with E-state index in [2.05, 4.69) is 27.7 Å². The summed E-state index contributed by atoms with van der Waals surface area (Å²) in [5.74, 6) is 4.03. The Balaban J connectivity index is 1.94. The molecule has 1 heteroatoms. The summed E-state index contributed by atoms with van der Waals surface area (Å²) in [4.78, 5) is 0. The molecule has 1 nitrogen and oxygen atoms in total. The fourth-order valence-electron chi connectivity index (χ4n) is 5.29. The Labute approximate surface area is 99.6 Å². The second-order valence-corrected chi connectivity index (χ2v) is 7.59. The molecule has 0 aromatic rings. The zero-order valence-corrected chi connectivity index (χ0v) is 11.2. The van der Waals surface area contributed by atoms with E-state index in [-0.39, 0.29) is 5.60 Å². The minimum absolute atomic E-state index is 0.376. The molecule has 0 aromatic heterocycles. The van der Waals surface area contributed by atoms with Gasteiger partial charge in [0.2, 0.25) is 0 Å². The van der Waals surface area contributed by atoms with Gasteiger partial charge < -0.3 is 5.11 Å². The van der Waals surface area contributed by atoms with Gasteiger partial charge in [-0.3, -0.25) is 0 Å². The van der Waals surface area contributed by atoms with Gasteiger partial charge in [0.1, 0.15) is 0 Å². The molecule has 16 heavy (non-hydrogen) atoms. The van der Waals surface area contributed by atoms with E-state index in [0.29, 0.717) is 11.3 Å². The average molecular weight is 222 g/mol. The van der Waals surface area contributed by atoms with Gasteiger partial charge in [-0.15, -0.1) is 0 Å². The molecule has 0 saturated heterocycles. The molecule has 0 aromatic carbocycles. The van der Waals surface area contributed by atoms with Gasteiger partial charge in [-0.1, -0.05) is 27.2 Å². The first kappa shape index (κ1) is 11.1. The number of hydrogen-bond acceptors (Lipinski definition) is 1. The lowest BCUT2D eigenvalue weighted by molar-refractivity contribution is -0.0302. The lowest BCUT2D eigenvalue weighted by atomic mass is 9.74. The van der Waals surface area contributed by atoms with E-state index in [1.54, 1.807) is 0 Å². The topological polar surface area (TPSA) is 20.2 Å². The molecular formula is C15H26O. The summed E-state index contributed by atoms with van der Waals surface area (Å²) >= 11 is 0. The van der Waals surface area contributed by atoms with Gasteiger partial charge in [0.05, 0.1) is 5.60 Å². The standard InChI is InChI=1S/C15H26O/c1-9-5-6-10-12(9)13-11(14(13,2)3)7-8-15(10,4)16/h9-13,16H,5-8H2,1-4H3/t9?,10-,11-,12-,13-,15+/m1/s1. The molecule has 3 fully saturated rings. The molecule has 92 valence electrons. The second kappa shape index (κ2) is 3.04. The normalized spacial score (nSPS) is 58.7. The van der Waals surface area contributed by atoms with Crippen LogP contribution in [0, 0.1) is 35.0 Å². The van der Waals surface area contributed by atoms with Crippen LogP contribution < -0.4 is 0 Å². The zero-order valence-electron chi connectivity index (χ0n) is 11.2. The molecule has 0 radical (unpaired) electrons. The summed E-state index contributed by atoms with van der Waals surface area (Å²) in [6, 6.07) is 0. The van der Waals surface area contributed by atoms with Crippen LogP contribution in [-0.4, -0.2) is 10.7 Å². The van der Waals surface area contributed by atoms with E-state index in [1.807, 2.05) is 0 Å². The minimum atomic E-state index is -0.376. The van der Waals surface area contributed by atoms with Crippen molar-refractivity contribution in [3.8, 4) is 0 Å². The highest BCUT2D eigenvalue weighted by atomic mass is 16.3. The summed E-state index contributed by atoms with van der Waals surface area (Å²) in [6.45, 7) is 9.41. The van der Waals surface area contributed by atoms with Gasteiger partial charge in [0.15, 0.2) is 0 Å². The van der Waals surface area contributed by atoms with Crippen LogP contribution in [0.4, 0.5) is 0 Å². The second-order valence-electron chi connectivity index (χ2n) is 7.59. The van der Waals surface area contributed by atoms with Gasteiger partial charge in [0.25, 0.3) is 0 Å². The summed E-state index contributed by atoms with van der Waals surface area (Å²) in [7, 11) is 0. The lowest BCUT2D eigenvalue weighted by Crippen LogP contribution is -2.38. The summed E-state index contributed by atoms with van der Waals surface area (Å²) < 4.78 is 0. The maximum Gasteiger partial charge on any atom is 0.0650 e. The van der Waals surface area contributed by atoms with Crippen LogP contribution in [0.15, 0.2) is 0 Å². The Morgan fingerprint density at radius 3 is 2.38 bits per heavy atom. The maximum atomic E-state index is 10.7. The molecule has 3 rings (SSSR count). The van der Waals surface area contributed by atoms with E-state index >= 15 is 0 Å². The molecule has 3 saturated carbocycles. The van der Waals surface area contributed by atoms with Gasteiger partial charge in [-0.05, 0) is 61.2 Å². The first-order valence-electron chi connectivity index (χ1n) is 7.08. The van der Waals surface area contributed by atoms with Crippen molar-refractivity contribution in [3.63, 3.8) is 0 Å². The predicted octanol–water partition coefficient (Wildman–Crippen LogP) is 3.47. The molecule has 6 atom stereocenters. The molecule has 3 aliphatic carbocycles. The van der Waals surface area contributed by atoms with Gasteiger partial charge >= 0.3 is 0 Å². The molecule has 1 N–H and O–H groups in total. The van der Waals surface area contributed by atoms with Crippen molar-refractivity contribution in [2.45, 2.75) is 59.0 Å². The summed E-state index contributed by atoms with van der Waals surface area (Å²) in [5.41, 5.74) is 0.191. The van der Waals surface area contributed by atoms with Crippen LogP contribution >= 0.6 is 0 Å². The van der Waals surface area contributed by atoms with Crippen molar-refractivity contribution in [1.29, 1.82) is 0 Å². The van der Waals surface area contributed by atoms with Crippen molar-refractivity contribution in [1.82, 2.24) is 0 Å². The third-order valence-corrected chi connectivity index (χ3v) is 6.37. The Morgan fingerprint density at radius 2 is 1.69 bits per heavy atom. The van der Waals surface area contributed by atoms with Crippen molar-refractivity contribution in [2.24, 2.45) is 35.0 Å². The van der Waals surface area contributed by atoms with E-state index < -0.39 is 0 Å². The molecule has 0 aliphatic heterocycles. The zero-order chi connectivity index (χ0) is 11.7. The van der Waals surface area contributed by atoms with Crippen molar-refractivity contribution in [3.05, 3.63) is 0 Å². The van der Waals surface area contributed by atoms with E-state index in [4.69, 9.17) is 0 Å². The molecule has 0 spiro atoms. The lowest BCUT2D eigenvalue weighted by Gasteiger charge is -2.35. The van der Waals surface area contributed by atoms with Gasteiger partial charge in [-0.25, -0.2) is 0 Å². The Bertz CT molecular complexity index is 305. The highest BCUT2D eigenvalue weighted by molar-refractivity contribution is 5.14. The molecule has 0 heterocycles. The van der Waals surface area contributed by atoms with Crippen LogP contribution in [-0.2, 0) is 0 Å². The Hall–Kier alpha value is -0.0400. The largest absolute Gasteiger partial charge is 0.390 e. The van der Waals surface area contributed by atoms with Crippen LogP contribution in [0.5, 0.6) is 0 Å². The number of fused-ring (bicyclic) bond motifs is 3. The van der Waals surface area contributed by atoms with Crippen molar-refractivity contribution in [2.75, 3.05) is 0 Å². The van der Waals surface area contributed by atoms with E-state index in [9.17, 15) is 5.11 Å². The number of rotatable bonds is 0. The molecule has 0 amide bonds. The first-order valence-corrected chi connectivity index (χ1v) is 7.08. The first-order chi connectivity index (χ1) is 7.36. The summed E-state index contributed by atoms with van der Waals surface area (Å²) in [6.07, 6.45) is 4.89. The number of aliphatic hydroxyl groups is 1. The van der Waals surface area contributed by atoms with E-state index in [1.165, 1.54) is 19.3 Å².